The Hall–Kier alpha value is -0.190. The molecule has 1 amide bonds. The predicted molar refractivity (Wildman–Crippen MR) is 68.5 cm³/mol. The molecule has 0 aromatic heterocycles. The second-order valence-corrected chi connectivity index (χ2v) is 4.38. The van der Waals surface area contributed by atoms with Crippen molar-refractivity contribution in [3.8, 4) is 0 Å². The van der Waals surface area contributed by atoms with Gasteiger partial charge in [-0.3, -0.25) is 4.79 Å². The molecule has 1 N–H and O–H groups in total. The molecular formula is C10H19ClN2OS. The van der Waals surface area contributed by atoms with Crippen LogP contribution in [0.1, 0.15) is 13.8 Å². The van der Waals surface area contributed by atoms with E-state index in [0.29, 0.717) is 0 Å². The first kappa shape index (κ1) is 14.8. The Labute approximate surface area is 102 Å². The molecule has 2 atom stereocenters. The van der Waals surface area contributed by atoms with Gasteiger partial charge in [-0.15, -0.1) is 24.2 Å². The van der Waals surface area contributed by atoms with Crippen LogP contribution in [0.25, 0.3) is 0 Å². The van der Waals surface area contributed by atoms with E-state index in [0.717, 1.165) is 13.1 Å². The van der Waals surface area contributed by atoms with E-state index in [2.05, 4.69) is 19.2 Å². The number of hydrogen-bond donors (Lipinski definition) is 1. The van der Waals surface area contributed by atoms with Gasteiger partial charge >= 0.3 is 0 Å². The van der Waals surface area contributed by atoms with Gasteiger partial charge in [0.2, 0.25) is 5.91 Å². The molecule has 0 radical (unpaired) electrons. The maximum atomic E-state index is 11.8. The summed E-state index contributed by atoms with van der Waals surface area (Å²) in [6.07, 6.45) is 3.61. The number of thioether (sulfide) groups is 1. The van der Waals surface area contributed by atoms with E-state index in [1.54, 1.807) is 17.8 Å². The van der Waals surface area contributed by atoms with Crippen LogP contribution in [-0.4, -0.2) is 42.2 Å². The Morgan fingerprint density at radius 1 is 1.40 bits per heavy atom. The zero-order valence-corrected chi connectivity index (χ0v) is 11.0. The van der Waals surface area contributed by atoms with Crippen LogP contribution in [0.15, 0.2) is 11.5 Å². The fraction of sp³-hybridized carbons (Fsp3) is 0.700. The Morgan fingerprint density at radius 3 is 2.40 bits per heavy atom. The molecule has 0 aromatic rings. The number of carbonyl (C=O) groups is 1. The first-order valence-electron chi connectivity index (χ1n) is 4.89. The molecule has 0 aromatic carbocycles. The van der Waals surface area contributed by atoms with Crippen LogP contribution < -0.4 is 5.32 Å². The standard InChI is InChI=1S/C10H18N2OS.ClH/c1-8-6-11-7-9(2)12(8)10(13)4-5-14-3;/h4-5,8-9,11H,6-7H2,1-3H3;1H/b5-4+;. The molecule has 15 heavy (non-hydrogen) atoms. The highest BCUT2D eigenvalue weighted by atomic mass is 35.5. The van der Waals surface area contributed by atoms with Gasteiger partial charge in [-0.1, -0.05) is 0 Å². The summed E-state index contributed by atoms with van der Waals surface area (Å²) >= 11 is 1.55. The van der Waals surface area contributed by atoms with E-state index in [1.165, 1.54) is 0 Å². The van der Waals surface area contributed by atoms with Crippen LogP contribution in [0.5, 0.6) is 0 Å². The molecule has 88 valence electrons. The maximum Gasteiger partial charge on any atom is 0.247 e. The fourth-order valence-corrected chi connectivity index (χ4v) is 2.03. The van der Waals surface area contributed by atoms with E-state index in [-0.39, 0.29) is 30.4 Å². The van der Waals surface area contributed by atoms with E-state index in [4.69, 9.17) is 0 Å². The van der Waals surface area contributed by atoms with Gasteiger partial charge in [0.15, 0.2) is 0 Å². The first-order chi connectivity index (χ1) is 6.66. The van der Waals surface area contributed by atoms with E-state index in [1.807, 2.05) is 16.6 Å². The van der Waals surface area contributed by atoms with Gasteiger partial charge in [-0.05, 0) is 25.5 Å². The number of carbonyl (C=O) groups excluding carboxylic acids is 1. The van der Waals surface area contributed by atoms with Gasteiger partial charge in [-0.2, -0.15) is 0 Å². The van der Waals surface area contributed by atoms with Crippen molar-refractivity contribution in [1.82, 2.24) is 10.2 Å². The molecule has 0 spiro atoms. The van der Waals surface area contributed by atoms with Crippen molar-refractivity contribution < 1.29 is 4.79 Å². The number of piperazine rings is 1. The summed E-state index contributed by atoms with van der Waals surface area (Å²) in [5, 5.41) is 5.14. The molecule has 0 saturated carbocycles. The highest BCUT2D eigenvalue weighted by molar-refractivity contribution is 8.01. The minimum absolute atomic E-state index is 0. The lowest BCUT2D eigenvalue weighted by Crippen LogP contribution is -2.56. The van der Waals surface area contributed by atoms with Crippen LogP contribution in [0, 0.1) is 0 Å². The average molecular weight is 251 g/mol. The topological polar surface area (TPSA) is 32.3 Å². The van der Waals surface area contributed by atoms with Crippen LogP contribution in [0.4, 0.5) is 0 Å². The highest BCUT2D eigenvalue weighted by Crippen LogP contribution is 2.11. The molecule has 1 fully saturated rings. The van der Waals surface area contributed by atoms with Crippen LogP contribution in [0.2, 0.25) is 0 Å². The molecule has 1 saturated heterocycles. The monoisotopic (exact) mass is 250 g/mol. The highest BCUT2D eigenvalue weighted by Gasteiger charge is 2.26. The normalized spacial score (nSPS) is 26.5. The van der Waals surface area contributed by atoms with Crippen LogP contribution in [-0.2, 0) is 4.79 Å². The molecule has 5 heteroatoms. The Morgan fingerprint density at radius 2 is 1.93 bits per heavy atom. The Bertz CT molecular complexity index is 225. The summed E-state index contributed by atoms with van der Waals surface area (Å²) in [6.45, 7) is 5.94. The summed E-state index contributed by atoms with van der Waals surface area (Å²) in [7, 11) is 0. The summed E-state index contributed by atoms with van der Waals surface area (Å²) in [5.74, 6) is 0.126. The van der Waals surface area contributed by atoms with Gasteiger partial charge in [0.05, 0.1) is 0 Å². The van der Waals surface area contributed by atoms with Crippen molar-refractivity contribution >= 4 is 30.1 Å². The minimum atomic E-state index is 0. The number of rotatable bonds is 2. The molecule has 1 aliphatic heterocycles. The quantitative estimate of drug-likeness (QED) is 0.754. The van der Waals surface area contributed by atoms with Gasteiger partial charge in [0.25, 0.3) is 0 Å². The number of nitrogens with one attached hydrogen (secondary N) is 1. The summed E-state index contributed by atoms with van der Waals surface area (Å²) < 4.78 is 0. The molecule has 1 aliphatic rings. The lowest BCUT2D eigenvalue weighted by Gasteiger charge is -2.38. The molecule has 2 unspecified atom stereocenters. The lowest BCUT2D eigenvalue weighted by atomic mass is 10.1. The first-order valence-corrected chi connectivity index (χ1v) is 6.18. The molecule has 0 aliphatic carbocycles. The third-order valence-corrected chi connectivity index (χ3v) is 2.84. The SMILES string of the molecule is CS/C=C/C(=O)N1C(C)CNCC1C.Cl. The van der Waals surface area contributed by atoms with E-state index in [9.17, 15) is 4.79 Å². The third kappa shape index (κ3) is 4.05. The molecule has 1 heterocycles. The van der Waals surface area contributed by atoms with Crippen LogP contribution in [0.3, 0.4) is 0 Å². The number of nitrogens with zero attached hydrogens (tertiary/aromatic N) is 1. The second kappa shape index (κ2) is 7.14. The van der Waals surface area contributed by atoms with Crippen molar-refractivity contribution in [2.45, 2.75) is 25.9 Å². The largest absolute Gasteiger partial charge is 0.331 e. The molecule has 0 bridgehead atoms. The van der Waals surface area contributed by atoms with Gasteiger partial charge in [0, 0.05) is 31.2 Å². The van der Waals surface area contributed by atoms with Crippen molar-refractivity contribution in [2.75, 3.05) is 19.3 Å². The lowest BCUT2D eigenvalue weighted by molar-refractivity contribution is -0.131. The average Bonchev–Trinajstić information content (AvgIpc) is 2.14. The van der Waals surface area contributed by atoms with Gasteiger partial charge < -0.3 is 10.2 Å². The zero-order valence-electron chi connectivity index (χ0n) is 9.40. The molecule has 1 rings (SSSR count). The van der Waals surface area contributed by atoms with Crippen molar-refractivity contribution in [3.63, 3.8) is 0 Å². The van der Waals surface area contributed by atoms with E-state index >= 15 is 0 Å². The third-order valence-electron chi connectivity index (χ3n) is 2.43. The Kier molecular flexibility index (Phi) is 7.05. The van der Waals surface area contributed by atoms with Crippen LogP contribution >= 0.6 is 24.2 Å². The zero-order chi connectivity index (χ0) is 10.6. The van der Waals surface area contributed by atoms with Gasteiger partial charge in [-0.25, -0.2) is 0 Å². The summed E-state index contributed by atoms with van der Waals surface area (Å²) in [5.41, 5.74) is 0. The van der Waals surface area contributed by atoms with Gasteiger partial charge in [0.1, 0.15) is 0 Å². The number of hydrogen-bond acceptors (Lipinski definition) is 3. The minimum Gasteiger partial charge on any atom is -0.331 e. The van der Waals surface area contributed by atoms with Crippen molar-refractivity contribution in [1.29, 1.82) is 0 Å². The number of amides is 1. The van der Waals surface area contributed by atoms with Crippen molar-refractivity contribution in [2.24, 2.45) is 0 Å². The molecular weight excluding hydrogens is 232 g/mol. The fourth-order valence-electron chi connectivity index (χ4n) is 1.78. The second-order valence-electron chi connectivity index (χ2n) is 3.64. The van der Waals surface area contributed by atoms with Crippen molar-refractivity contribution in [3.05, 3.63) is 11.5 Å². The summed E-state index contributed by atoms with van der Waals surface area (Å²) in [6, 6.07) is 0.579. The smallest absolute Gasteiger partial charge is 0.247 e. The predicted octanol–water partition coefficient (Wildman–Crippen LogP) is 1.49. The molecule has 3 nitrogen and oxygen atoms in total. The maximum absolute atomic E-state index is 11.8. The number of halogens is 1. The Balaban J connectivity index is 0.00000196. The summed E-state index contributed by atoms with van der Waals surface area (Å²) in [4.78, 5) is 13.7. The van der Waals surface area contributed by atoms with E-state index < -0.39 is 0 Å².